The number of hydrogen-bond acceptors (Lipinski definition) is 3. The van der Waals surface area contributed by atoms with Crippen molar-refractivity contribution in [2.75, 3.05) is 0 Å². The van der Waals surface area contributed by atoms with E-state index in [4.69, 9.17) is 12.2 Å². The Morgan fingerprint density at radius 3 is 3.27 bits per heavy atom. The molecule has 0 fully saturated rings. The number of nitrogens with zero attached hydrogens (tertiary/aromatic N) is 2. The first-order chi connectivity index (χ1) is 5.27. The number of aromatic nitrogens is 3. The molecule has 0 aliphatic rings. The number of thiol groups is 1. The Kier molecular flexibility index (Phi) is 1.47. The number of hydrogen-bond donors (Lipinski definition) is 2. The normalized spacial score (nSPS) is 10.6. The summed E-state index contributed by atoms with van der Waals surface area (Å²) in [5, 5.41) is 0.793. The van der Waals surface area contributed by atoms with Gasteiger partial charge in [-0.25, -0.2) is 4.98 Å². The van der Waals surface area contributed by atoms with Crippen LogP contribution in [-0.4, -0.2) is 14.4 Å². The molecule has 0 spiro atoms. The van der Waals surface area contributed by atoms with Gasteiger partial charge in [-0.1, -0.05) is 12.2 Å². The molecule has 3 nitrogen and oxygen atoms in total. The maximum atomic E-state index is 4.94. The topological polar surface area (TPSA) is 33.1 Å². The summed E-state index contributed by atoms with van der Waals surface area (Å²) in [4.78, 5) is 6.96. The highest BCUT2D eigenvalue weighted by Gasteiger charge is 1.95. The summed E-state index contributed by atoms with van der Waals surface area (Å²) in [5.41, 5.74) is 0. The molecule has 0 aromatic carbocycles. The van der Waals surface area contributed by atoms with E-state index in [0.29, 0.717) is 4.64 Å². The van der Waals surface area contributed by atoms with Crippen LogP contribution >= 0.6 is 24.8 Å². The Morgan fingerprint density at radius 2 is 2.45 bits per heavy atom. The van der Waals surface area contributed by atoms with Crippen LogP contribution in [-0.2, 0) is 0 Å². The van der Waals surface area contributed by atoms with Gasteiger partial charge in [0.05, 0.1) is 5.03 Å². The van der Waals surface area contributed by atoms with Crippen molar-refractivity contribution in [1.82, 2.24) is 14.4 Å². The minimum absolute atomic E-state index is 0.647. The lowest BCUT2D eigenvalue weighted by atomic mass is 10.6. The van der Waals surface area contributed by atoms with Gasteiger partial charge >= 0.3 is 0 Å². The summed E-state index contributed by atoms with van der Waals surface area (Å²) < 4.78 is 2.47. The molecular weight excluding hydrogens is 178 g/mol. The van der Waals surface area contributed by atoms with Crippen LogP contribution in [0.15, 0.2) is 23.5 Å². The number of rotatable bonds is 0. The van der Waals surface area contributed by atoms with Crippen LogP contribution in [0.2, 0.25) is 0 Å². The van der Waals surface area contributed by atoms with Gasteiger partial charge in [0, 0.05) is 18.5 Å². The van der Waals surface area contributed by atoms with E-state index in [9.17, 15) is 0 Å². The summed E-state index contributed by atoms with van der Waals surface area (Å²) >= 11 is 9.16. The average Bonchev–Trinajstić information content (AvgIpc) is 2.34. The van der Waals surface area contributed by atoms with E-state index in [1.807, 2.05) is 10.6 Å². The first-order valence-electron chi connectivity index (χ1n) is 3.03. The highest BCUT2D eigenvalue weighted by molar-refractivity contribution is 7.80. The summed E-state index contributed by atoms with van der Waals surface area (Å²) in [6, 6.07) is 1.77. The fourth-order valence-corrected chi connectivity index (χ4v) is 1.49. The van der Waals surface area contributed by atoms with Crippen LogP contribution in [0.5, 0.6) is 0 Å². The second kappa shape index (κ2) is 2.35. The minimum Gasteiger partial charge on any atom is -0.316 e. The van der Waals surface area contributed by atoms with Crippen LogP contribution in [0.4, 0.5) is 0 Å². The van der Waals surface area contributed by atoms with E-state index in [0.717, 1.165) is 10.8 Å². The number of imidazole rings is 1. The predicted octanol–water partition coefficient (Wildman–Crippen LogP) is 1.68. The van der Waals surface area contributed by atoms with Crippen molar-refractivity contribution in [3.05, 3.63) is 23.1 Å². The van der Waals surface area contributed by atoms with Crippen molar-refractivity contribution in [3.8, 4) is 0 Å². The maximum absolute atomic E-state index is 4.94. The fraction of sp³-hybridized carbons (Fsp3) is 0. The van der Waals surface area contributed by atoms with E-state index >= 15 is 0 Å². The van der Waals surface area contributed by atoms with E-state index < -0.39 is 0 Å². The van der Waals surface area contributed by atoms with Gasteiger partial charge in [0.1, 0.15) is 4.64 Å². The van der Waals surface area contributed by atoms with Gasteiger partial charge < -0.3 is 4.98 Å². The third kappa shape index (κ3) is 1.06. The van der Waals surface area contributed by atoms with Gasteiger partial charge in [0.2, 0.25) is 5.78 Å². The molecule has 0 saturated heterocycles. The van der Waals surface area contributed by atoms with E-state index in [2.05, 4.69) is 22.6 Å². The quantitative estimate of drug-likeness (QED) is 0.370. The molecular formula is C6H5N3S2. The molecule has 0 aliphatic heterocycles. The smallest absolute Gasteiger partial charge is 0.213 e. The molecule has 2 aromatic rings. The van der Waals surface area contributed by atoms with Gasteiger partial charge in [-0.2, -0.15) is 0 Å². The number of aromatic amines is 1. The standard InChI is InChI=1S/C6H5N3S2/c10-4-3-5(11)9-2-1-7-6(9)8-4/h1-3,11H,(H,7,8,10). The van der Waals surface area contributed by atoms with Crippen molar-refractivity contribution in [2.24, 2.45) is 0 Å². The lowest BCUT2D eigenvalue weighted by Gasteiger charge is -1.96. The van der Waals surface area contributed by atoms with Crippen molar-refractivity contribution < 1.29 is 0 Å². The van der Waals surface area contributed by atoms with E-state index in [-0.39, 0.29) is 0 Å². The van der Waals surface area contributed by atoms with Crippen LogP contribution in [0, 0.1) is 4.64 Å². The minimum atomic E-state index is 0.647. The van der Waals surface area contributed by atoms with Crippen molar-refractivity contribution in [1.29, 1.82) is 0 Å². The zero-order valence-electron chi connectivity index (χ0n) is 5.48. The molecule has 0 bridgehead atoms. The molecule has 2 heterocycles. The zero-order chi connectivity index (χ0) is 7.84. The molecule has 0 unspecified atom stereocenters. The first kappa shape index (κ1) is 6.87. The van der Waals surface area contributed by atoms with Crippen LogP contribution in [0.1, 0.15) is 0 Å². The predicted molar refractivity (Wildman–Crippen MR) is 47.6 cm³/mol. The Hall–Kier alpha value is -0.810. The molecule has 5 heteroatoms. The van der Waals surface area contributed by atoms with Crippen LogP contribution < -0.4 is 0 Å². The fourth-order valence-electron chi connectivity index (χ4n) is 0.914. The number of nitrogens with one attached hydrogen (secondary N) is 1. The highest BCUT2D eigenvalue weighted by Crippen LogP contribution is 2.07. The Balaban J connectivity index is 3.02. The molecule has 0 amide bonds. The van der Waals surface area contributed by atoms with Gasteiger partial charge in [-0.3, -0.25) is 4.40 Å². The number of H-pyrrole nitrogens is 1. The van der Waals surface area contributed by atoms with Crippen molar-refractivity contribution >= 4 is 30.6 Å². The summed E-state index contributed by atoms with van der Waals surface area (Å²) in [5.74, 6) is 0.725. The second-order valence-corrected chi connectivity index (χ2v) is 3.01. The lowest BCUT2D eigenvalue weighted by molar-refractivity contribution is 0.979. The monoisotopic (exact) mass is 183 g/mol. The maximum Gasteiger partial charge on any atom is 0.213 e. The van der Waals surface area contributed by atoms with Gasteiger partial charge in [0.25, 0.3) is 0 Å². The van der Waals surface area contributed by atoms with Crippen molar-refractivity contribution in [2.45, 2.75) is 5.03 Å². The zero-order valence-corrected chi connectivity index (χ0v) is 7.19. The van der Waals surface area contributed by atoms with E-state index in [1.165, 1.54) is 0 Å². The molecule has 0 saturated carbocycles. The third-order valence-electron chi connectivity index (χ3n) is 1.38. The molecule has 0 atom stereocenters. The van der Waals surface area contributed by atoms with Gasteiger partial charge in [-0.15, -0.1) is 12.6 Å². The van der Waals surface area contributed by atoms with Gasteiger partial charge in [-0.05, 0) is 0 Å². The van der Waals surface area contributed by atoms with Crippen molar-refractivity contribution in [3.63, 3.8) is 0 Å². The molecule has 2 aromatic heterocycles. The third-order valence-corrected chi connectivity index (χ3v) is 1.95. The molecule has 56 valence electrons. The molecule has 11 heavy (non-hydrogen) atoms. The number of fused-ring (bicyclic) bond motifs is 1. The van der Waals surface area contributed by atoms with Crippen LogP contribution in [0.3, 0.4) is 0 Å². The molecule has 1 N–H and O–H groups in total. The lowest BCUT2D eigenvalue weighted by Crippen LogP contribution is -1.89. The van der Waals surface area contributed by atoms with Crippen LogP contribution in [0.25, 0.3) is 5.78 Å². The largest absolute Gasteiger partial charge is 0.316 e. The first-order valence-corrected chi connectivity index (χ1v) is 3.88. The average molecular weight is 183 g/mol. The molecule has 0 aliphatic carbocycles. The molecule has 0 radical (unpaired) electrons. The SMILES string of the molecule is S=c1cc(S)n2ccnc2[nH]1. The highest BCUT2D eigenvalue weighted by atomic mass is 32.1. The van der Waals surface area contributed by atoms with E-state index in [1.54, 1.807) is 12.3 Å². The Morgan fingerprint density at radius 1 is 1.64 bits per heavy atom. The Labute approximate surface area is 73.5 Å². The summed E-state index contributed by atoms with van der Waals surface area (Å²) in [6.07, 6.45) is 3.52. The summed E-state index contributed by atoms with van der Waals surface area (Å²) in [7, 11) is 0. The molecule has 2 rings (SSSR count). The summed E-state index contributed by atoms with van der Waals surface area (Å²) in [6.45, 7) is 0. The van der Waals surface area contributed by atoms with Gasteiger partial charge in [0.15, 0.2) is 0 Å². The Bertz CT molecular complexity index is 442. The second-order valence-electron chi connectivity index (χ2n) is 2.11.